The predicted octanol–water partition coefficient (Wildman–Crippen LogP) is 3.60. The second kappa shape index (κ2) is 4.24. The minimum atomic E-state index is -0.501. The Hall–Kier alpha value is -1.38. The van der Waals surface area contributed by atoms with Crippen molar-refractivity contribution in [3.05, 3.63) is 47.5 Å². The van der Waals surface area contributed by atoms with Crippen LogP contribution in [0.15, 0.2) is 36.4 Å². The molecule has 0 radical (unpaired) electrons. The Bertz CT molecular complexity index is 537. The van der Waals surface area contributed by atoms with E-state index >= 15 is 0 Å². The van der Waals surface area contributed by atoms with Gasteiger partial charge in [-0.1, -0.05) is 12.1 Å². The first-order chi connectivity index (χ1) is 7.58. The molecule has 4 heteroatoms. The lowest BCUT2D eigenvalue weighted by Crippen LogP contribution is -1.90. The zero-order valence-electron chi connectivity index (χ0n) is 8.04. The summed E-state index contributed by atoms with van der Waals surface area (Å²) in [5, 5.41) is 0.681. The fourth-order valence-electron chi connectivity index (χ4n) is 1.49. The van der Waals surface area contributed by atoms with Crippen LogP contribution in [0.25, 0.3) is 10.8 Å². The summed E-state index contributed by atoms with van der Waals surface area (Å²) in [6, 6.07) is 10.0. The van der Waals surface area contributed by atoms with Gasteiger partial charge in [0.05, 0.1) is 0 Å². The van der Waals surface area contributed by atoms with Crippen molar-refractivity contribution in [2.24, 2.45) is 0 Å². The van der Waals surface area contributed by atoms with Gasteiger partial charge in [0.15, 0.2) is 0 Å². The molecule has 0 aliphatic rings. The molecule has 0 aliphatic carbocycles. The lowest BCUT2D eigenvalue weighted by Gasteiger charge is -2.01. The molecule has 0 aromatic heterocycles. The summed E-state index contributed by atoms with van der Waals surface area (Å²) < 4.78 is 0. The van der Waals surface area contributed by atoms with Crippen LogP contribution >= 0.6 is 23.2 Å². The summed E-state index contributed by atoms with van der Waals surface area (Å²) in [7, 11) is 0. The van der Waals surface area contributed by atoms with Gasteiger partial charge in [-0.25, -0.2) is 0 Å². The molecule has 0 saturated heterocycles. The Morgan fingerprint density at radius 1 is 0.750 bits per heavy atom. The summed E-state index contributed by atoms with van der Waals surface area (Å²) in [5.74, 6) is 0. The third-order valence-corrected chi connectivity index (χ3v) is 2.73. The van der Waals surface area contributed by atoms with Crippen LogP contribution in [0.1, 0.15) is 20.7 Å². The molecule has 0 unspecified atom stereocenters. The van der Waals surface area contributed by atoms with Crippen molar-refractivity contribution in [2.45, 2.75) is 0 Å². The Morgan fingerprint density at radius 3 is 1.44 bits per heavy atom. The molecule has 0 N–H and O–H groups in total. The number of hydrogen-bond acceptors (Lipinski definition) is 2. The molecule has 2 aromatic rings. The van der Waals surface area contributed by atoms with E-state index in [0.717, 1.165) is 10.8 Å². The van der Waals surface area contributed by atoms with Crippen molar-refractivity contribution < 1.29 is 9.59 Å². The smallest absolute Gasteiger partial charge is 0.252 e. The van der Waals surface area contributed by atoms with Crippen LogP contribution in [-0.2, 0) is 0 Å². The van der Waals surface area contributed by atoms with Gasteiger partial charge in [0.25, 0.3) is 10.5 Å². The standard InChI is InChI=1S/C12H6Cl2O2/c13-11(15)9-3-1-7-5-10(12(14)16)4-2-8(7)6-9/h1-6H. The average molecular weight is 253 g/mol. The van der Waals surface area contributed by atoms with Crippen molar-refractivity contribution in [2.75, 3.05) is 0 Å². The topological polar surface area (TPSA) is 34.1 Å². The summed E-state index contributed by atoms with van der Waals surface area (Å²) in [5.41, 5.74) is 0.859. The van der Waals surface area contributed by atoms with E-state index in [9.17, 15) is 9.59 Å². The summed E-state index contributed by atoms with van der Waals surface area (Å²) in [6.07, 6.45) is 0. The first-order valence-electron chi connectivity index (χ1n) is 4.51. The van der Waals surface area contributed by atoms with Gasteiger partial charge in [0, 0.05) is 11.1 Å². The molecule has 0 aliphatic heterocycles. The largest absolute Gasteiger partial charge is 0.276 e. The number of halogens is 2. The normalized spacial score (nSPS) is 10.4. The fraction of sp³-hybridized carbons (Fsp3) is 0. The molecule has 0 heterocycles. The summed E-state index contributed by atoms with van der Waals surface area (Å²) >= 11 is 10.7. The van der Waals surface area contributed by atoms with Gasteiger partial charge in [-0.3, -0.25) is 9.59 Å². The maximum Gasteiger partial charge on any atom is 0.252 e. The number of carbonyl (C=O) groups is 2. The van der Waals surface area contributed by atoms with E-state index < -0.39 is 10.5 Å². The van der Waals surface area contributed by atoms with E-state index in [1.165, 1.54) is 0 Å². The van der Waals surface area contributed by atoms with E-state index in [4.69, 9.17) is 23.2 Å². The van der Waals surface area contributed by atoms with E-state index in [1.54, 1.807) is 36.4 Å². The number of carbonyl (C=O) groups excluding carboxylic acids is 2. The van der Waals surface area contributed by atoms with Crippen molar-refractivity contribution >= 4 is 44.5 Å². The van der Waals surface area contributed by atoms with Gasteiger partial charge < -0.3 is 0 Å². The van der Waals surface area contributed by atoms with Crippen LogP contribution < -0.4 is 0 Å². The highest BCUT2D eigenvalue weighted by atomic mass is 35.5. The lowest BCUT2D eigenvalue weighted by atomic mass is 10.1. The minimum absolute atomic E-state index is 0.430. The molecule has 2 rings (SSSR count). The second-order valence-corrected chi connectivity index (χ2v) is 4.01. The van der Waals surface area contributed by atoms with Crippen LogP contribution in [0.5, 0.6) is 0 Å². The summed E-state index contributed by atoms with van der Waals surface area (Å²) in [4.78, 5) is 21.9. The van der Waals surface area contributed by atoms with Gasteiger partial charge in [-0.2, -0.15) is 0 Å². The number of benzene rings is 2. The molecule has 2 aromatic carbocycles. The van der Waals surface area contributed by atoms with E-state index in [0.29, 0.717) is 11.1 Å². The molecule has 0 fully saturated rings. The quantitative estimate of drug-likeness (QED) is 0.766. The van der Waals surface area contributed by atoms with Crippen molar-refractivity contribution in [1.29, 1.82) is 0 Å². The Morgan fingerprint density at radius 2 is 1.12 bits per heavy atom. The third-order valence-electron chi connectivity index (χ3n) is 2.29. The van der Waals surface area contributed by atoms with Gasteiger partial charge in [0.1, 0.15) is 0 Å². The third kappa shape index (κ3) is 2.08. The van der Waals surface area contributed by atoms with Gasteiger partial charge in [-0.15, -0.1) is 0 Å². The lowest BCUT2D eigenvalue weighted by molar-refractivity contribution is 0.107. The van der Waals surface area contributed by atoms with E-state index in [-0.39, 0.29) is 0 Å². The molecule has 80 valence electrons. The number of rotatable bonds is 2. The van der Waals surface area contributed by atoms with Gasteiger partial charge >= 0.3 is 0 Å². The van der Waals surface area contributed by atoms with E-state index in [1.807, 2.05) is 0 Å². The van der Waals surface area contributed by atoms with Crippen LogP contribution in [0.3, 0.4) is 0 Å². The Balaban J connectivity index is 2.61. The minimum Gasteiger partial charge on any atom is -0.276 e. The highest BCUT2D eigenvalue weighted by molar-refractivity contribution is 6.68. The first-order valence-corrected chi connectivity index (χ1v) is 5.27. The maximum atomic E-state index is 11.0. The summed E-state index contributed by atoms with van der Waals surface area (Å²) in [6.45, 7) is 0. The first kappa shape index (κ1) is 11.1. The molecule has 0 amide bonds. The SMILES string of the molecule is O=C(Cl)c1ccc2cc(C(=O)Cl)ccc2c1. The molecule has 0 atom stereocenters. The van der Waals surface area contributed by atoms with E-state index in [2.05, 4.69) is 0 Å². The second-order valence-electron chi connectivity index (χ2n) is 3.32. The van der Waals surface area contributed by atoms with Gasteiger partial charge in [0.2, 0.25) is 0 Å². The molecule has 0 bridgehead atoms. The number of hydrogen-bond donors (Lipinski definition) is 0. The highest BCUT2D eigenvalue weighted by Crippen LogP contribution is 2.19. The average Bonchev–Trinajstić information content (AvgIpc) is 2.27. The zero-order valence-corrected chi connectivity index (χ0v) is 9.55. The van der Waals surface area contributed by atoms with Crippen LogP contribution in [0.4, 0.5) is 0 Å². The molecule has 2 nitrogen and oxygen atoms in total. The molecule has 0 saturated carbocycles. The van der Waals surface area contributed by atoms with Crippen LogP contribution in [-0.4, -0.2) is 10.5 Å². The van der Waals surface area contributed by atoms with Crippen molar-refractivity contribution in [3.63, 3.8) is 0 Å². The molecule has 16 heavy (non-hydrogen) atoms. The van der Waals surface area contributed by atoms with Crippen molar-refractivity contribution in [3.8, 4) is 0 Å². The molecule has 0 spiro atoms. The molecular formula is C12H6Cl2O2. The Labute approximate surface area is 102 Å². The molecular weight excluding hydrogens is 247 g/mol. The van der Waals surface area contributed by atoms with Gasteiger partial charge in [-0.05, 0) is 58.2 Å². The predicted molar refractivity (Wildman–Crippen MR) is 64.3 cm³/mol. The number of fused-ring (bicyclic) bond motifs is 1. The Kier molecular flexibility index (Phi) is 2.95. The monoisotopic (exact) mass is 252 g/mol. The maximum absolute atomic E-state index is 11.0. The highest BCUT2D eigenvalue weighted by Gasteiger charge is 2.05. The van der Waals surface area contributed by atoms with Crippen LogP contribution in [0.2, 0.25) is 0 Å². The fourth-order valence-corrected chi connectivity index (χ4v) is 1.73. The van der Waals surface area contributed by atoms with Crippen molar-refractivity contribution in [1.82, 2.24) is 0 Å². The zero-order chi connectivity index (χ0) is 11.7. The van der Waals surface area contributed by atoms with Crippen LogP contribution in [0, 0.1) is 0 Å².